The van der Waals surface area contributed by atoms with E-state index in [1.807, 2.05) is 26.0 Å². The zero-order valence-corrected chi connectivity index (χ0v) is 9.90. The SMILES string of the molecule is CCC(O)(CC)c1ccc(SC)cc1. The molecular formula is C12H18OS. The summed E-state index contributed by atoms with van der Waals surface area (Å²) in [4.78, 5) is 1.24. The molecule has 0 aliphatic carbocycles. The number of aliphatic hydroxyl groups is 1. The second-order valence-corrected chi connectivity index (χ2v) is 4.35. The summed E-state index contributed by atoms with van der Waals surface area (Å²) in [6.45, 7) is 4.04. The molecule has 0 saturated heterocycles. The van der Waals surface area contributed by atoms with Crippen LogP contribution >= 0.6 is 11.8 Å². The number of hydrogen-bond donors (Lipinski definition) is 1. The topological polar surface area (TPSA) is 20.2 Å². The predicted octanol–water partition coefficient (Wildman–Crippen LogP) is 3.42. The van der Waals surface area contributed by atoms with Gasteiger partial charge in [-0.3, -0.25) is 0 Å². The van der Waals surface area contributed by atoms with Gasteiger partial charge in [-0.2, -0.15) is 0 Å². The largest absolute Gasteiger partial charge is 0.385 e. The Morgan fingerprint density at radius 2 is 1.64 bits per heavy atom. The van der Waals surface area contributed by atoms with Crippen LogP contribution in [0.1, 0.15) is 32.3 Å². The smallest absolute Gasteiger partial charge is 0.0891 e. The molecule has 78 valence electrons. The molecule has 0 unspecified atom stereocenters. The fourth-order valence-electron chi connectivity index (χ4n) is 1.56. The Bertz CT molecular complexity index is 275. The van der Waals surface area contributed by atoms with E-state index >= 15 is 0 Å². The van der Waals surface area contributed by atoms with E-state index in [2.05, 4.69) is 18.4 Å². The quantitative estimate of drug-likeness (QED) is 0.768. The van der Waals surface area contributed by atoms with Gasteiger partial charge in [0, 0.05) is 4.90 Å². The van der Waals surface area contributed by atoms with Gasteiger partial charge in [-0.1, -0.05) is 26.0 Å². The van der Waals surface area contributed by atoms with Crippen LogP contribution < -0.4 is 0 Å². The molecular weight excluding hydrogens is 192 g/mol. The van der Waals surface area contributed by atoms with Crippen LogP contribution in [0, 0.1) is 0 Å². The highest BCUT2D eigenvalue weighted by atomic mass is 32.2. The Kier molecular flexibility index (Phi) is 4.02. The van der Waals surface area contributed by atoms with Crippen LogP contribution in [0.3, 0.4) is 0 Å². The molecule has 1 aromatic rings. The lowest BCUT2D eigenvalue weighted by Gasteiger charge is -2.25. The summed E-state index contributed by atoms with van der Waals surface area (Å²) in [5.41, 5.74) is 0.386. The molecule has 0 fully saturated rings. The van der Waals surface area contributed by atoms with E-state index < -0.39 is 5.60 Å². The second-order valence-electron chi connectivity index (χ2n) is 3.47. The fourth-order valence-corrected chi connectivity index (χ4v) is 1.97. The molecule has 1 nitrogen and oxygen atoms in total. The normalized spacial score (nSPS) is 11.7. The summed E-state index contributed by atoms with van der Waals surface area (Å²) in [6.07, 6.45) is 3.59. The highest BCUT2D eigenvalue weighted by molar-refractivity contribution is 7.98. The third-order valence-corrected chi connectivity index (χ3v) is 3.54. The Balaban J connectivity index is 2.95. The molecule has 0 heterocycles. The Morgan fingerprint density at radius 1 is 1.14 bits per heavy atom. The van der Waals surface area contributed by atoms with Crippen molar-refractivity contribution >= 4 is 11.8 Å². The maximum Gasteiger partial charge on any atom is 0.0891 e. The van der Waals surface area contributed by atoms with Gasteiger partial charge < -0.3 is 5.11 Å². The summed E-state index contributed by atoms with van der Waals surface area (Å²) in [7, 11) is 0. The molecule has 0 spiro atoms. The van der Waals surface area contributed by atoms with Gasteiger partial charge in [0.2, 0.25) is 0 Å². The summed E-state index contributed by atoms with van der Waals surface area (Å²) < 4.78 is 0. The Morgan fingerprint density at radius 3 is 2.00 bits per heavy atom. The lowest BCUT2D eigenvalue weighted by atomic mass is 9.89. The highest BCUT2D eigenvalue weighted by Gasteiger charge is 2.24. The minimum atomic E-state index is -0.642. The first kappa shape index (κ1) is 11.6. The maximum atomic E-state index is 10.3. The molecule has 14 heavy (non-hydrogen) atoms. The monoisotopic (exact) mass is 210 g/mol. The molecule has 1 N–H and O–H groups in total. The Labute approximate surface area is 90.5 Å². The van der Waals surface area contributed by atoms with E-state index in [1.54, 1.807) is 11.8 Å². The van der Waals surface area contributed by atoms with Gasteiger partial charge in [0.1, 0.15) is 0 Å². The summed E-state index contributed by atoms with van der Waals surface area (Å²) >= 11 is 1.72. The molecule has 0 aliphatic heterocycles. The molecule has 0 radical (unpaired) electrons. The van der Waals surface area contributed by atoms with Crippen molar-refractivity contribution in [3.63, 3.8) is 0 Å². The lowest BCUT2D eigenvalue weighted by molar-refractivity contribution is 0.0283. The average molecular weight is 210 g/mol. The van der Waals surface area contributed by atoms with Crippen LogP contribution in [-0.4, -0.2) is 11.4 Å². The minimum absolute atomic E-state index is 0.642. The van der Waals surface area contributed by atoms with Crippen molar-refractivity contribution < 1.29 is 5.11 Å². The van der Waals surface area contributed by atoms with Crippen LogP contribution in [-0.2, 0) is 5.60 Å². The molecule has 2 heteroatoms. The van der Waals surface area contributed by atoms with Crippen molar-refractivity contribution in [3.8, 4) is 0 Å². The van der Waals surface area contributed by atoms with E-state index in [-0.39, 0.29) is 0 Å². The molecule has 0 atom stereocenters. The van der Waals surface area contributed by atoms with Crippen molar-refractivity contribution in [3.05, 3.63) is 29.8 Å². The minimum Gasteiger partial charge on any atom is -0.385 e. The van der Waals surface area contributed by atoms with E-state index in [4.69, 9.17) is 0 Å². The van der Waals surface area contributed by atoms with Gasteiger partial charge >= 0.3 is 0 Å². The molecule has 1 aromatic carbocycles. The summed E-state index contributed by atoms with van der Waals surface area (Å²) in [6, 6.07) is 8.18. The molecule has 1 rings (SSSR count). The molecule has 0 bridgehead atoms. The van der Waals surface area contributed by atoms with E-state index in [0.717, 1.165) is 18.4 Å². The van der Waals surface area contributed by atoms with E-state index in [9.17, 15) is 5.11 Å². The Hall–Kier alpha value is -0.470. The zero-order valence-electron chi connectivity index (χ0n) is 9.08. The number of benzene rings is 1. The van der Waals surface area contributed by atoms with Crippen molar-refractivity contribution in [2.24, 2.45) is 0 Å². The van der Waals surface area contributed by atoms with Crippen molar-refractivity contribution in [1.29, 1.82) is 0 Å². The van der Waals surface area contributed by atoms with Gasteiger partial charge in [-0.25, -0.2) is 0 Å². The highest BCUT2D eigenvalue weighted by Crippen LogP contribution is 2.29. The van der Waals surface area contributed by atoms with Crippen LogP contribution in [0.15, 0.2) is 29.2 Å². The lowest BCUT2D eigenvalue weighted by Crippen LogP contribution is -2.23. The summed E-state index contributed by atoms with van der Waals surface area (Å²) in [5.74, 6) is 0. The number of rotatable bonds is 4. The molecule has 0 aromatic heterocycles. The van der Waals surface area contributed by atoms with Gasteiger partial charge in [0.25, 0.3) is 0 Å². The third-order valence-electron chi connectivity index (χ3n) is 2.80. The maximum absolute atomic E-state index is 10.3. The van der Waals surface area contributed by atoms with E-state index in [1.165, 1.54) is 4.90 Å². The first-order valence-electron chi connectivity index (χ1n) is 5.03. The zero-order chi connectivity index (χ0) is 10.6. The third kappa shape index (κ3) is 2.31. The first-order valence-corrected chi connectivity index (χ1v) is 6.25. The fraction of sp³-hybridized carbons (Fsp3) is 0.500. The van der Waals surface area contributed by atoms with Gasteiger partial charge in [-0.15, -0.1) is 11.8 Å². The molecule has 0 saturated carbocycles. The van der Waals surface area contributed by atoms with Crippen LogP contribution in [0.25, 0.3) is 0 Å². The van der Waals surface area contributed by atoms with Gasteiger partial charge in [0.15, 0.2) is 0 Å². The van der Waals surface area contributed by atoms with Gasteiger partial charge in [-0.05, 0) is 36.8 Å². The van der Waals surface area contributed by atoms with Gasteiger partial charge in [0.05, 0.1) is 5.60 Å². The number of thioether (sulfide) groups is 1. The molecule has 0 aliphatic rings. The van der Waals surface area contributed by atoms with Crippen molar-refractivity contribution in [1.82, 2.24) is 0 Å². The predicted molar refractivity (Wildman–Crippen MR) is 62.7 cm³/mol. The first-order chi connectivity index (χ1) is 6.66. The van der Waals surface area contributed by atoms with Crippen molar-refractivity contribution in [2.45, 2.75) is 37.2 Å². The van der Waals surface area contributed by atoms with Crippen molar-refractivity contribution in [2.75, 3.05) is 6.26 Å². The van der Waals surface area contributed by atoms with Crippen LogP contribution in [0.4, 0.5) is 0 Å². The summed E-state index contributed by atoms with van der Waals surface area (Å²) in [5, 5.41) is 10.3. The average Bonchev–Trinajstić information content (AvgIpc) is 2.28. The van der Waals surface area contributed by atoms with Crippen LogP contribution in [0.2, 0.25) is 0 Å². The molecule has 0 amide bonds. The standard InChI is InChI=1S/C12H18OS/c1-4-12(13,5-2)10-6-8-11(14-3)9-7-10/h6-9,13H,4-5H2,1-3H3. The number of hydrogen-bond acceptors (Lipinski definition) is 2. The van der Waals surface area contributed by atoms with Crippen LogP contribution in [0.5, 0.6) is 0 Å². The second kappa shape index (κ2) is 4.85. The van der Waals surface area contributed by atoms with E-state index in [0.29, 0.717) is 0 Å².